The van der Waals surface area contributed by atoms with Gasteiger partial charge in [-0.15, -0.1) is 22.7 Å². The minimum absolute atomic E-state index is 0.105. The van der Waals surface area contributed by atoms with Crippen molar-refractivity contribution in [3.63, 3.8) is 0 Å². The molecule has 2 aliphatic heterocycles. The number of amides is 2. The first-order chi connectivity index (χ1) is 21.8. The summed E-state index contributed by atoms with van der Waals surface area (Å²) in [4.78, 5) is 41.2. The average Bonchev–Trinajstić information content (AvgIpc) is 3.82. The molecule has 46 heavy (non-hydrogen) atoms. The van der Waals surface area contributed by atoms with Crippen LogP contribution in [0.2, 0.25) is 0 Å². The molecule has 8 nitrogen and oxygen atoms in total. The lowest BCUT2D eigenvalue weighted by Crippen LogP contribution is -2.36. The van der Waals surface area contributed by atoms with Gasteiger partial charge in [0.2, 0.25) is 0 Å². The predicted molar refractivity (Wildman–Crippen MR) is 183 cm³/mol. The van der Waals surface area contributed by atoms with Gasteiger partial charge in [-0.05, 0) is 84.8 Å². The van der Waals surface area contributed by atoms with E-state index >= 15 is 0 Å². The Balaban J connectivity index is 1.33. The van der Waals surface area contributed by atoms with Crippen LogP contribution >= 0.6 is 22.7 Å². The first-order valence-electron chi connectivity index (χ1n) is 16.2. The third kappa shape index (κ3) is 6.79. The number of thiazole rings is 2. The molecule has 2 fully saturated rings. The fourth-order valence-corrected chi connectivity index (χ4v) is 8.71. The zero-order chi connectivity index (χ0) is 32.7. The Morgan fingerprint density at radius 1 is 0.891 bits per heavy atom. The second kappa shape index (κ2) is 12.6. The van der Waals surface area contributed by atoms with E-state index in [-0.39, 0.29) is 24.3 Å². The number of likely N-dealkylation sites (tertiary alicyclic amines) is 2. The number of hydrogen-bond acceptors (Lipinski definition) is 8. The van der Waals surface area contributed by atoms with Gasteiger partial charge in [-0.1, -0.05) is 48.6 Å². The Hall–Kier alpha value is -3.50. The Morgan fingerprint density at radius 3 is 2.07 bits per heavy atom. The van der Waals surface area contributed by atoms with Crippen LogP contribution in [0.15, 0.2) is 60.1 Å². The normalized spacial score (nSPS) is 23.5. The molecule has 0 bridgehead atoms. The summed E-state index contributed by atoms with van der Waals surface area (Å²) in [7, 11) is 0. The molecule has 2 amide bonds. The zero-order valence-corrected chi connectivity index (χ0v) is 29.2. The number of ether oxygens (including phenoxy) is 2. The molecule has 1 aromatic carbocycles. The number of hydrogen-bond donors (Lipinski definition) is 0. The van der Waals surface area contributed by atoms with Gasteiger partial charge in [-0.3, -0.25) is 9.80 Å². The molecule has 1 unspecified atom stereocenters. The van der Waals surface area contributed by atoms with Gasteiger partial charge in [0.05, 0.1) is 23.2 Å². The molecule has 2 aromatic heterocycles. The Kier molecular flexibility index (Phi) is 8.89. The summed E-state index contributed by atoms with van der Waals surface area (Å²) in [5, 5.41) is 4.00. The van der Waals surface area contributed by atoms with Gasteiger partial charge in [0.1, 0.15) is 21.2 Å². The van der Waals surface area contributed by atoms with Crippen molar-refractivity contribution in [3.8, 4) is 0 Å². The van der Waals surface area contributed by atoms with Crippen molar-refractivity contribution in [2.24, 2.45) is 0 Å². The van der Waals surface area contributed by atoms with E-state index in [0.29, 0.717) is 13.1 Å². The number of allylic oxidation sites excluding steroid dienone is 4. The molecule has 3 aliphatic rings. The minimum Gasteiger partial charge on any atom is -0.444 e. The quantitative estimate of drug-likeness (QED) is 0.272. The van der Waals surface area contributed by atoms with E-state index in [9.17, 15) is 9.59 Å². The molecule has 6 rings (SSSR count). The lowest BCUT2D eigenvalue weighted by molar-refractivity contribution is 0.0213. The zero-order valence-electron chi connectivity index (χ0n) is 27.6. The van der Waals surface area contributed by atoms with Gasteiger partial charge in [0.15, 0.2) is 0 Å². The largest absolute Gasteiger partial charge is 0.444 e. The SMILES string of the molecule is CC(C)(C)OC(=O)N1CCC[C@H]1c1nc(C2(c3cnc([C@@H]4CCCN4C(=O)OC(C)(C)C)s3)C=CC(c3ccccc3)=CC2)cs1. The molecule has 244 valence electrons. The summed E-state index contributed by atoms with van der Waals surface area (Å²) in [5.41, 5.74) is 1.67. The summed E-state index contributed by atoms with van der Waals surface area (Å²) in [5.74, 6) is 0. The molecule has 0 radical (unpaired) electrons. The van der Waals surface area contributed by atoms with Crippen LogP contribution in [0.5, 0.6) is 0 Å². The van der Waals surface area contributed by atoms with E-state index in [1.807, 2.05) is 63.6 Å². The monoisotopic (exact) mass is 660 g/mol. The van der Waals surface area contributed by atoms with E-state index < -0.39 is 16.6 Å². The van der Waals surface area contributed by atoms with E-state index in [1.54, 1.807) is 22.7 Å². The second-order valence-corrected chi connectivity index (χ2v) is 16.3. The molecule has 0 spiro atoms. The smallest absolute Gasteiger partial charge is 0.410 e. The lowest BCUT2D eigenvalue weighted by Gasteiger charge is -2.30. The van der Waals surface area contributed by atoms with E-state index in [4.69, 9.17) is 19.4 Å². The Bertz CT molecular complexity index is 1540. The summed E-state index contributed by atoms with van der Waals surface area (Å²) in [6, 6.07) is 10.2. The highest BCUT2D eigenvalue weighted by molar-refractivity contribution is 7.12. The van der Waals surface area contributed by atoms with Crippen LogP contribution < -0.4 is 0 Å². The number of carbonyl (C=O) groups excluding carboxylic acids is 2. The number of benzene rings is 1. The Morgan fingerprint density at radius 2 is 1.50 bits per heavy atom. The molecule has 2 saturated heterocycles. The number of nitrogens with zero attached hydrogens (tertiary/aromatic N) is 4. The van der Waals surface area contributed by atoms with Crippen LogP contribution in [0.4, 0.5) is 9.59 Å². The summed E-state index contributed by atoms with van der Waals surface area (Å²) >= 11 is 3.27. The third-order valence-electron chi connectivity index (χ3n) is 8.57. The topological polar surface area (TPSA) is 84.9 Å². The van der Waals surface area contributed by atoms with Crippen molar-refractivity contribution in [2.75, 3.05) is 13.1 Å². The van der Waals surface area contributed by atoms with Crippen LogP contribution in [-0.4, -0.2) is 56.2 Å². The van der Waals surface area contributed by atoms with Crippen molar-refractivity contribution in [2.45, 2.75) is 102 Å². The van der Waals surface area contributed by atoms with E-state index in [2.05, 4.69) is 47.9 Å². The summed E-state index contributed by atoms with van der Waals surface area (Å²) < 4.78 is 11.5. The van der Waals surface area contributed by atoms with Crippen LogP contribution in [0.25, 0.3) is 5.57 Å². The van der Waals surface area contributed by atoms with Crippen LogP contribution in [-0.2, 0) is 14.9 Å². The standard InChI is InChI=1S/C36H44N4O4S2/c1-34(2,3)43-32(41)39-20-10-14-26(39)30-37-22-29(46-30)36(18-16-25(17-19-36)24-12-8-7-9-13-24)28-23-45-31(38-28)27-15-11-21-40(27)33(42)44-35(4,5)6/h7-9,12-13,16-18,22-23,26-27H,10-11,14-15,19-21H2,1-6H3/t26-,27-,36?/m0/s1. The average molecular weight is 661 g/mol. The molecule has 0 saturated carbocycles. The van der Waals surface area contributed by atoms with Crippen molar-refractivity contribution < 1.29 is 19.1 Å². The third-order valence-corrected chi connectivity index (χ3v) is 10.8. The maximum absolute atomic E-state index is 13.1. The number of carbonyl (C=O) groups is 2. The lowest BCUT2D eigenvalue weighted by atomic mass is 9.76. The maximum atomic E-state index is 13.1. The maximum Gasteiger partial charge on any atom is 0.410 e. The number of rotatable bonds is 5. The van der Waals surface area contributed by atoms with Gasteiger partial charge < -0.3 is 9.47 Å². The summed E-state index contributed by atoms with van der Waals surface area (Å²) in [6.07, 6.45) is 12.4. The van der Waals surface area contributed by atoms with Crippen LogP contribution in [0, 0.1) is 0 Å². The van der Waals surface area contributed by atoms with Crippen molar-refractivity contribution in [1.82, 2.24) is 19.8 Å². The van der Waals surface area contributed by atoms with Gasteiger partial charge in [-0.25, -0.2) is 19.6 Å². The first kappa shape index (κ1) is 32.4. The van der Waals surface area contributed by atoms with Crippen LogP contribution in [0.1, 0.15) is 112 Å². The molecular weight excluding hydrogens is 617 g/mol. The summed E-state index contributed by atoms with van der Waals surface area (Å²) in [6.45, 7) is 12.7. The van der Waals surface area contributed by atoms with Crippen molar-refractivity contribution in [1.29, 1.82) is 0 Å². The minimum atomic E-state index is -0.557. The number of aromatic nitrogens is 2. The molecule has 3 aromatic rings. The highest BCUT2D eigenvalue weighted by Crippen LogP contribution is 2.47. The van der Waals surface area contributed by atoms with E-state index in [0.717, 1.165) is 52.7 Å². The fraction of sp³-hybridized carbons (Fsp3) is 0.500. The molecule has 3 atom stereocenters. The van der Waals surface area contributed by atoms with Gasteiger partial charge in [0.25, 0.3) is 0 Å². The van der Waals surface area contributed by atoms with Crippen LogP contribution in [0.3, 0.4) is 0 Å². The molecular formula is C36H44N4O4S2. The predicted octanol–water partition coefficient (Wildman–Crippen LogP) is 9.07. The first-order valence-corrected chi connectivity index (χ1v) is 17.9. The fourth-order valence-electron chi connectivity index (χ4n) is 6.40. The van der Waals surface area contributed by atoms with Gasteiger partial charge >= 0.3 is 12.2 Å². The van der Waals surface area contributed by atoms with Gasteiger partial charge in [0, 0.05) is 29.5 Å². The Labute approximate surface area is 280 Å². The van der Waals surface area contributed by atoms with E-state index in [1.165, 1.54) is 11.1 Å². The van der Waals surface area contributed by atoms with Crippen molar-refractivity contribution >= 4 is 40.4 Å². The second-order valence-electron chi connectivity index (χ2n) is 14.3. The highest BCUT2D eigenvalue weighted by Gasteiger charge is 2.42. The molecule has 1 aliphatic carbocycles. The molecule has 4 heterocycles. The van der Waals surface area contributed by atoms with Crippen molar-refractivity contribution in [3.05, 3.63) is 86.3 Å². The molecule has 10 heteroatoms. The highest BCUT2D eigenvalue weighted by atomic mass is 32.1. The van der Waals surface area contributed by atoms with Gasteiger partial charge in [-0.2, -0.15) is 0 Å². The molecule has 0 N–H and O–H groups in total.